The minimum atomic E-state index is -0.145. The van der Waals surface area contributed by atoms with Crippen LogP contribution in [-0.4, -0.2) is 49.3 Å². The smallest absolute Gasteiger partial charge is 0.322 e. The van der Waals surface area contributed by atoms with Gasteiger partial charge < -0.3 is 19.7 Å². The molecule has 2 aromatic rings. The molecule has 0 bridgehead atoms. The Bertz CT molecular complexity index is 663. The summed E-state index contributed by atoms with van der Waals surface area (Å²) in [5.41, 5.74) is 1.90. The number of morpholine rings is 1. The fourth-order valence-electron chi connectivity index (χ4n) is 2.64. The summed E-state index contributed by atoms with van der Waals surface area (Å²) in [6, 6.07) is 7.70. The quantitative estimate of drug-likeness (QED) is 0.903. The number of nitrogens with zero attached hydrogens (tertiary/aromatic N) is 2. The second kappa shape index (κ2) is 8.23. The zero-order chi connectivity index (χ0) is 16.8. The van der Waals surface area contributed by atoms with E-state index in [9.17, 15) is 4.79 Å². The molecule has 24 heavy (non-hydrogen) atoms. The number of rotatable bonds is 5. The van der Waals surface area contributed by atoms with E-state index in [1.54, 1.807) is 29.5 Å². The number of carbonyl (C=O) groups is 1. The van der Waals surface area contributed by atoms with Crippen LogP contribution in [0.5, 0.6) is 0 Å². The zero-order valence-corrected chi connectivity index (χ0v) is 14.4. The van der Waals surface area contributed by atoms with E-state index >= 15 is 0 Å². The van der Waals surface area contributed by atoms with Gasteiger partial charge in [-0.2, -0.15) is 0 Å². The van der Waals surface area contributed by atoms with Crippen molar-refractivity contribution in [1.29, 1.82) is 0 Å². The molecule has 1 N–H and O–H groups in total. The Morgan fingerprint density at radius 2 is 2.38 bits per heavy atom. The summed E-state index contributed by atoms with van der Waals surface area (Å²) in [4.78, 5) is 18.7. The standard InChI is InChI=1S/C17H21N3O3S/c1-22-9-6-13-4-2-3-5-14(13)19-17(21)20-8-10-23-15(12-20)16-18-7-11-24-16/h2-5,7,11,15H,6,8-10,12H2,1H3,(H,19,21)/t15-/m0/s1. The van der Waals surface area contributed by atoms with Crippen molar-refractivity contribution < 1.29 is 14.3 Å². The Hall–Kier alpha value is -1.96. The molecule has 0 aliphatic carbocycles. The molecule has 0 saturated carbocycles. The van der Waals surface area contributed by atoms with Crippen LogP contribution in [0.25, 0.3) is 0 Å². The number of benzene rings is 1. The molecule has 0 spiro atoms. The number of methoxy groups -OCH3 is 1. The van der Waals surface area contributed by atoms with Gasteiger partial charge in [0.2, 0.25) is 0 Å². The fraction of sp³-hybridized carbons (Fsp3) is 0.412. The predicted molar refractivity (Wildman–Crippen MR) is 93.4 cm³/mol. The minimum Gasteiger partial charge on any atom is -0.384 e. The molecule has 128 valence electrons. The molecule has 1 saturated heterocycles. The Balaban J connectivity index is 1.64. The number of thiazole rings is 1. The number of hydrogen-bond donors (Lipinski definition) is 1. The van der Waals surface area contributed by atoms with Crippen molar-refractivity contribution in [3.8, 4) is 0 Å². The summed E-state index contributed by atoms with van der Waals surface area (Å²) in [6.45, 7) is 2.23. The van der Waals surface area contributed by atoms with Gasteiger partial charge in [-0.05, 0) is 18.1 Å². The predicted octanol–water partition coefficient (Wildman–Crippen LogP) is 2.94. The van der Waals surface area contributed by atoms with Crippen LogP contribution in [0.3, 0.4) is 0 Å². The lowest BCUT2D eigenvalue weighted by atomic mass is 10.1. The number of ether oxygens (including phenoxy) is 2. The second-order valence-electron chi connectivity index (χ2n) is 5.51. The molecule has 1 atom stereocenters. The normalized spacial score (nSPS) is 17.7. The van der Waals surface area contributed by atoms with Gasteiger partial charge in [0, 0.05) is 30.9 Å². The Labute approximate surface area is 145 Å². The van der Waals surface area contributed by atoms with Gasteiger partial charge in [0.15, 0.2) is 0 Å². The lowest BCUT2D eigenvalue weighted by Gasteiger charge is -2.32. The van der Waals surface area contributed by atoms with Crippen molar-refractivity contribution in [2.75, 3.05) is 38.7 Å². The minimum absolute atomic E-state index is 0.107. The van der Waals surface area contributed by atoms with Crippen LogP contribution < -0.4 is 5.32 Å². The number of nitrogens with one attached hydrogen (secondary N) is 1. The first-order valence-corrected chi connectivity index (χ1v) is 8.79. The molecule has 3 rings (SSSR count). The lowest BCUT2D eigenvalue weighted by Crippen LogP contribution is -2.44. The first-order valence-electron chi connectivity index (χ1n) is 7.91. The number of urea groups is 1. The van der Waals surface area contributed by atoms with E-state index in [0.29, 0.717) is 26.3 Å². The van der Waals surface area contributed by atoms with Gasteiger partial charge in [-0.25, -0.2) is 9.78 Å². The summed E-state index contributed by atoms with van der Waals surface area (Å²) in [5.74, 6) is 0. The lowest BCUT2D eigenvalue weighted by molar-refractivity contribution is -0.0136. The van der Waals surface area contributed by atoms with Crippen LogP contribution in [-0.2, 0) is 15.9 Å². The summed E-state index contributed by atoms with van der Waals surface area (Å²) >= 11 is 1.55. The average molecular weight is 347 g/mol. The van der Waals surface area contributed by atoms with E-state index in [1.807, 2.05) is 29.6 Å². The van der Waals surface area contributed by atoms with Crippen LogP contribution in [0.1, 0.15) is 16.7 Å². The van der Waals surface area contributed by atoms with Crippen LogP contribution in [0.15, 0.2) is 35.8 Å². The first kappa shape index (κ1) is 16.9. The molecule has 2 amide bonds. The third kappa shape index (κ3) is 4.11. The van der Waals surface area contributed by atoms with Gasteiger partial charge >= 0.3 is 6.03 Å². The fourth-order valence-corrected chi connectivity index (χ4v) is 3.32. The molecule has 1 fully saturated rings. The van der Waals surface area contributed by atoms with Gasteiger partial charge in [-0.1, -0.05) is 18.2 Å². The van der Waals surface area contributed by atoms with E-state index in [1.165, 1.54) is 0 Å². The third-order valence-electron chi connectivity index (χ3n) is 3.92. The molecular formula is C17H21N3O3S. The average Bonchev–Trinajstić information content (AvgIpc) is 3.16. The highest BCUT2D eigenvalue weighted by molar-refractivity contribution is 7.09. The van der Waals surface area contributed by atoms with Gasteiger partial charge in [0.25, 0.3) is 0 Å². The van der Waals surface area contributed by atoms with Crippen LogP contribution >= 0.6 is 11.3 Å². The van der Waals surface area contributed by atoms with Crippen molar-refractivity contribution >= 4 is 23.1 Å². The highest BCUT2D eigenvalue weighted by Gasteiger charge is 2.27. The maximum atomic E-state index is 12.6. The van der Waals surface area contributed by atoms with Crippen molar-refractivity contribution in [2.45, 2.75) is 12.5 Å². The summed E-state index contributed by atoms with van der Waals surface area (Å²) in [5, 5.41) is 5.84. The number of hydrogen-bond acceptors (Lipinski definition) is 5. The highest BCUT2D eigenvalue weighted by Crippen LogP contribution is 2.24. The molecule has 1 aromatic carbocycles. The molecule has 1 aliphatic rings. The number of carbonyl (C=O) groups excluding carboxylic acids is 1. The summed E-state index contributed by atoms with van der Waals surface area (Å²) in [6.07, 6.45) is 2.37. The second-order valence-corrected chi connectivity index (χ2v) is 6.43. The van der Waals surface area contributed by atoms with E-state index < -0.39 is 0 Å². The van der Waals surface area contributed by atoms with Crippen molar-refractivity contribution in [1.82, 2.24) is 9.88 Å². The van der Waals surface area contributed by atoms with Gasteiger partial charge in [0.05, 0.1) is 19.8 Å². The van der Waals surface area contributed by atoms with Crippen molar-refractivity contribution in [3.05, 3.63) is 46.4 Å². The molecule has 7 heteroatoms. The van der Waals surface area contributed by atoms with Crippen LogP contribution in [0.2, 0.25) is 0 Å². The molecule has 6 nitrogen and oxygen atoms in total. The molecule has 0 unspecified atom stereocenters. The van der Waals surface area contributed by atoms with E-state index in [0.717, 1.165) is 22.7 Å². The van der Waals surface area contributed by atoms with Gasteiger partial charge in [-0.3, -0.25) is 0 Å². The van der Waals surface area contributed by atoms with Crippen LogP contribution in [0, 0.1) is 0 Å². The topological polar surface area (TPSA) is 63.7 Å². The number of amides is 2. The molecule has 1 aliphatic heterocycles. The summed E-state index contributed by atoms with van der Waals surface area (Å²) < 4.78 is 10.9. The zero-order valence-electron chi connectivity index (χ0n) is 13.6. The highest BCUT2D eigenvalue weighted by atomic mass is 32.1. The van der Waals surface area contributed by atoms with Gasteiger partial charge in [0.1, 0.15) is 11.1 Å². The maximum Gasteiger partial charge on any atom is 0.322 e. The Morgan fingerprint density at radius 3 is 3.17 bits per heavy atom. The molecule has 1 aromatic heterocycles. The molecular weight excluding hydrogens is 326 g/mol. The number of aromatic nitrogens is 1. The van der Waals surface area contributed by atoms with E-state index in [2.05, 4.69) is 10.3 Å². The monoisotopic (exact) mass is 347 g/mol. The molecule has 0 radical (unpaired) electrons. The molecule has 2 heterocycles. The Kier molecular flexibility index (Phi) is 5.79. The van der Waals surface area contributed by atoms with Crippen LogP contribution in [0.4, 0.5) is 10.5 Å². The van der Waals surface area contributed by atoms with E-state index in [-0.39, 0.29) is 12.1 Å². The first-order chi connectivity index (χ1) is 11.8. The number of anilines is 1. The Morgan fingerprint density at radius 1 is 1.50 bits per heavy atom. The largest absolute Gasteiger partial charge is 0.384 e. The van der Waals surface area contributed by atoms with Crippen molar-refractivity contribution in [2.24, 2.45) is 0 Å². The maximum absolute atomic E-state index is 12.6. The SMILES string of the molecule is COCCc1ccccc1NC(=O)N1CCO[C@H](c2nccs2)C1. The summed E-state index contributed by atoms with van der Waals surface area (Å²) in [7, 11) is 1.67. The number of para-hydroxylation sites is 1. The third-order valence-corrected chi connectivity index (χ3v) is 4.78. The van der Waals surface area contributed by atoms with Gasteiger partial charge in [-0.15, -0.1) is 11.3 Å². The van der Waals surface area contributed by atoms with Crippen molar-refractivity contribution in [3.63, 3.8) is 0 Å². The van der Waals surface area contributed by atoms with E-state index in [4.69, 9.17) is 9.47 Å².